The molecule has 0 spiro atoms. The fraction of sp³-hybridized carbons (Fsp3) is 0.192. The van der Waals surface area contributed by atoms with Crippen LogP contribution in [0.1, 0.15) is 46.5 Å². The van der Waals surface area contributed by atoms with Gasteiger partial charge in [-0.2, -0.15) is 0 Å². The minimum atomic E-state index is -0.207. The Labute approximate surface area is 186 Å². The topological polar surface area (TPSA) is 84.2 Å². The van der Waals surface area contributed by atoms with E-state index < -0.39 is 0 Å². The Morgan fingerprint density at radius 2 is 1.72 bits per heavy atom. The Balaban J connectivity index is 1.48. The van der Waals surface area contributed by atoms with Crippen LogP contribution in [0.25, 0.3) is 22.2 Å². The highest BCUT2D eigenvalue weighted by Gasteiger charge is 2.14. The zero-order valence-corrected chi connectivity index (χ0v) is 18.1. The Morgan fingerprint density at radius 1 is 0.938 bits per heavy atom. The second kappa shape index (κ2) is 9.47. The first-order valence-electron chi connectivity index (χ1n) is 10.7. The summed E-state index contributed by atoms with van der Waals surface area (Å²) >= 11 is 0. The van der Waals surface area contributed by atoms with E-state index in [-0.39, 0.29) is 17.9 Å². The number of amides is 2. The fourth-order valence-corrected chi connectivity index (χ4v) is 3.40. The number of hydrogen-bond donors (Lipinski definition) is 2. The molecule has 0 aliphatic heterocycles. The van der Waals surface area contributed by atoms with Crippen LogP contribution in [-0.2, 0) is 6.54 Å². The molecular formula is C26H25N3O3. The number of carbonyl (C=O) groups is 2. The van der Waals surface area contributed by atoms with E-state index in [0.29, 0.717) is 28.9 Å². The van der Waals surface area contributed by atoms with Gasteiger partial charge in [0.25, 0.3) is 11.8 Å². The van der Waals surface area contributed by atoms with Crippen LogP contribution in [0.5, 0.6) is 0 Å². The van der Waals surface area contributed by atoms with Gasteiger partial charge in [-0.15, -0.1) is 0 Å². The lowest BCUT2D eigenvalue weighted by molar-refractivity contribution is 0.0936. The third kappa shape index (κ3) is 4.70. The van der Waals surface area contributed by atoms with Crippen LogP contribution in [0.4, 0.5) is 0 Å². The van der Waals surface area contributed by atoms with E-state index in [1.165, 1.54) is 0 Å². The minimum Gasteiger partial charge on any atom is -0.355 e. The van der Waals surface area contributed by atoms with Gasteiger partial charge in [0.05, 0.1) is 5.39 Å². The number of benzene rings is 3. The maximum Gasteiger partial charge on any atom is 0.251 e. The van der Waals surface area contributed by atoms with Crippen LogP contribution >= 0.6 is 0 Å². The van der Waals surface area contributed by atoms with Crippen LogP contribution in [0.3, 0.4) is 0 Å². The predicted octanol–water partition coefficient (Wildman–Crippen LogP) is 4.95. The largest absolute Gasteiger partial charge is 0.355 e. The SMILES string of the molecule is CCC(C)NC(=O)c1cccc(CNC(=O)c2ccc3noc(-c4ccccc4)c3c2)c1. The molecule has 2 amide bonds. The molecule has 2 N–H and O–H groups in total. The van der Waals surface area contributed by atoms with Crippen molar-refractivity contribution in [3.63, 3.8) is 0 Å². The molecule has 6 nitrogen and oxygen atoms in total. The molecule has 0 saturated carbocycles. The quantitative estimate of drug-likeness (QED) is 0.437. The van der Waals surface area contributed by atoms with Crippen LogP contribution in [0, 0.1) is 0 Å². The number of carbonyl (C=O) groups excluding carboxylic acids is 2. The monoisotopic (exact) mass is 427 g/mol. The summed E-state index contributed by atoms with van der Waals surface area (Å²) in [6, 6.07) is 22.4. The number of nitrogens with one attached hydrogen (secondary N) is 2. The molecule has 32 heavy (non-hydrogen) atoms. The van der Waals surface area contributed by atoms with Gasteiger partial charge >= 0.3 is 0 Å². The summed E-state index contributed by atoms with van der Waals surface area (Å²) in [5.74, 6) is 0.315. The van der Waals surface area contributed by atoms with Crippen LogP contribution in [0.2, 0.25) is 0 Å². The number of nitrogens with zero attached hydrogens (tertiary/aromatic N) is 1. The van der Waals surface area contributed by atoms with Crippen molar-refractivity contribution in [3.8, 4) is 11.3 Å². The van der Waals surface area contributed by atoms with Crippen LogP contribution in [-0.4, -0.2) is 23.0 Å². The second-order valence-electron chi connectivity index (χ2n) is 7.78. The van der Waals surface area contributed by atoms with Crippen LogP contribution < -0.4 is 10.6 Å². The van der Waals surface area contributed by atoms with E-state index in [2.05, 4.69) is 15.8 Å². The normalized spacial score (nSPS) is 11.8. The van der Waals surface area contributed by atoms with E-state index in [0.717, 1.165) is 22.9 Å². The molecule has 0 saturated heterocycles. The van der Waals surface area contributed by atoms with Gasteiger partial charge in [0.15, 0.2) is 5.76 Å². The van der Waals surface area contributed by atoms with Crippen molar-refractivity contribution in [2.75, 3.05) is 0 Å². The van der Waals surface area contributed by atoms with Crippen molar-refractivity contribution in [1.29, 1.82) is 0 Å². The molecule has 0 aliphatic rings. The predicted molar refractivity (Wildman–Crippen MR) is 124 cm³/mol. The smallest absolute Gasteiger partial charge is 0.251 e. The lowest BCUT2D eigenvalue weighted by Crippen LogP contribution is -2.32. The van der Waals surface area contributed by atoms with Crippen LogP contribution in [0.15, 0.2) is 77.3 Å². The molecule has 1 atom stereocenters. The van der Waals surface area contributed by atoms with Crippen molar-refractivity contribution >= 4 is 22.7 Å². The lowest BCUT2D eigenvalue weighted by atomic mass is 10.1. The highest BCUT2D eigenvalue weighted by atomic mass is 16.5. The van der Waals surface area contributed by atoms with Crippen molar-refractivity contribution < 1.29 is 14.1 Å². The summed E-state index contributed by atoms with van der Waals surface area (Å²) in [5.41, 5.74) is 3.55. The summed E-state index contributed by atoms with van der Waals surface area (Å²) in [7, 11) is 0. The van der Waals surface area contributed by atoms with E-state index in [9.17, 15) is 9.59 Å². The van der Waals surface area contributed by atoms with E-state index >= 15 is 0 Å². The molecule has 1 unspecified atom stereocenters. The van der Waals surface area contributed by atoms with Gasteiger partial charge in [0, 0.05) is 29.3 Å². The summed E-state index contributed by atoms with van der Waals surface area (Å²) in [5, 5.41) is 10.8. The van der Waals surface area contributed by atoms with E-state index in [1.54, 1.807) is 30.3 Å². The van der Waals surface area contributed by atoms with E-state index in [1.807, 2.05) is 56.3 Å². The summed E-state index contributed by atoms with van der Waals surface area (Å²) in [6.45, 7) is 4.31. The molecular weight excluding hydrogens is 402 g/mol. The standard InChI is InChI=1S/C26H25N3O3/c1-3-17(2)28-26(31)20-11-7-8-18(14-20)16-27-25(30)21-12-13-23-22(15-21)24(32-29-23)19-9-5-4-6-10-19/h4-15,17H,3,16H2,1-2H3,(H,27,30)(H,28,31). The van der Waals surface area contributed by atoms with Crippen molar-refractivity contribution in [3.05, 3.63) is 89.5 Å². The number of aromatic nitrogens is 1. The number of rotatable bonds is 7. The molecule has 3 aromatic carbocycles. The first-order valence-corrected chi connectivity index (χ1v) is 10.7. The zero-order chi connectivity index (χ0) is 22.5. The average molecular weight is 428 g/mol. The van der Waals surface area contributed by atoms with Gasteiger partial charge in [-0.25, -0.2) is 0 Å². The second-order valence-corrected chi connectivity index (χ2v) is 7.78. The lowest BCUT2D eigenvalue weighted by Gasteiger charge is -2.12. The Hall–Kier alpha value is -3.93. The molecule has 0 aliphatic carbocycles. The van der Waals surface area contributed by atoms with Gasteiger partial charge in [-0.3, -0.25) is 9.59 Å². The molecule has 162 valence electrons. The molecule has 4 aromatic rings. The molecule has 4 rings (SSSR count). The van der Waals surface area contributed by atoms with Crippen molar-refractivity contribution in [2.45, 2.75) is 32.9 Å². The average Bonchev–Trinajstić information content (AvgIpc) is 3.26. The molecule has 6 heteroatoms. The van der Waals surface area contributed by atoms with Gasteiger partial charge in [-0.1, -0.05) is 54.5 Å². The maximum absolute atomic E-state index is 12.8. The van der Waals surface area contributed by atoms with E-state index in [4.69, 9.17) is 4.52 Å². The Morgan fingerprint density at radius 3 is 2.50 bits per heavy atom. The summed E-state index contributed by atoms with van der Waals surface area (Å²) in [6.07, 6.45) is 0.865. The van der Waals surface area contributed by atoms with Crippen molar-refractivity contribution in [2.24, 2.45) is 0 Å². The molecule has 1 heterocycles. The molecule has 1 aromatic heterocycles. The first kappa shape index (κ1) is 21.3. The van der Waals surface area contributed by atoms with Crippen molar-refractivity contribution in [1.82, 2.24) is 15.8 Å². The summed E-state index contributed by atoms with van der Waals surface area (Å²) in [4.78, 5) is 25.2. The minimum absolute atomic E-state index is 0.110. The third-order valence-corrected chi connectivity index (χ3v) is 5.41. The van der Waals surface area contributed by atoms with Gasteiger partial charge in [0.2, 0.25) is 0 Å². The molecule has 0 radical (unpaired) electrons. The fourth-order valence-electron chi connectivity index (χ4n) is 3.40. The Kier molecular flexibility index (Phi) is 6.31. The van der Waals surface area contributed by atoms with Gasteiger partial charge < -0.3 is 15.2 Å². The Bertz CT molecular complexity index is 1250. The highest BCUT2D eigenvalue weighted by Crippen LogP contribution is 2.29. The number of fused-ring (bicyclic) bond motifs is 1. The molecule has 0 fully saturated rings. The van der Waals surface area contributed by atoms with Gasteiger partial charge in [0.1, 0.15) is 5.52 Å². The van der Waals surface area contributed by atoms with Gasteiger partial charge in [-0.05, 0) is 49.2 Å². The number of hydrogen-bond acceptors (Lipinski definition) is 4. The first-order chi connectivity index (χ1) is 15.5. The maximum atomic E-state index is 12.8. The molecule has 0 bridgehead atoms. The zero-order valence-electron chi connectivity index (χ0n) is 18.1. The third-order valence-electron chi connectivity index (χ3n) is 5.41. The summed E-state index contributed by atoms with van der Waals surface area (Å²) < 4.78 is 5.52. The highest BCUT2D eigenvalue weighted by molar-refractivity contribution is 6.01.